The van der Waals surface area contributed by atoms with Crippen LogP contribution < -0.4 is 5.32 Å². The minimum absolute atomic E-state index is 0.00670. The fraction of sp³-hybridized carbons (Fsp3) is 0.722. The Labute approximate surface area is 152 Å². The summed E-state index contributed by atoms with van der Waals surface area (Å²) in [4.78, 5) is 16.6. The Morgan fingerprint density at radius 2 is 1.69 bits per heavy atom. The van der Waals surface area contributed by atoms with E-state index < -0.39 is 17.4 Å². The lowest BCUT2D eigenvalue weighted by atomic mass is 9.80. The van der Waals surface area contributed by atoms with E-state index in [4.69, 9.17) is 0 Å². The smallest absolute Gasteiger partial charge is 0.341 e. The van der Waals surface area contributed by atoms with Crippen molar-refractivity contribution in [2.24, 2.45) is 0 Å². The zero-order valence-electron chi connectivity index (χ0n) is 15.8. The molecule has 1 aromatic heterocycles. The van der Waals surface area contributed by atoms with Crippen molar-refractivity contribution in [2.75, 3.05) is 26.7 Å². The van der Waals surface area contributed by atoms with Crippen molar-refractivity contribution in [1.29, 1.82) is 0 Å². The van der Waals surface area contributed by atoms with E-state index in [0.29, 0.717) is 18.5 Å². The summed E-state index contributed by atoms with van der Waals surface area (Å²) in [6.45, 7) is 8.31. The van der Waals surface area contributed by atoms with Gasteiger partial charge in [-0.2, -0.15) is 13.2 Å². The first kappa shape index (κ1) is 19.1. The van der Waals surface area contributed by atoms with Gasteiger partial charge in [0.2, 0.25) is 0 Å². The lowest BCUT2D eigenvalue weighted by Gasteiger charge is -2.53. The van der Waals surface area contributed by atoms with E-state index in [0.717, 1.165) is 19.2 Å². The highest BCUT2D eigenvalue weighted by Crippen LogP contribution is 2.45. The van der Waals surface area contributed by atoms with Crippen LogP contribution in [0.2, 0.25) is 0 Å². The quantitative estimate of drug-likeness (QED) is 0.760. The summed E-state index contributed by atoms with van der Waals surface area (Å²) in [5.74, 6) is 0. The summed E-state index contributed by atoms with van der Waals surface area (Å²) in [5, 5.41) is 2.66. The largest absolute Gasteiger partial charge is 0.431 e. The number of likely N-dealkylation sites (tertiary alicyclic amines) is 1. The second-order valence-corrected chi connectivity index (χ2v) is 8.15. The van der Waals surface area contributed by atoms with Crippen molar-refractivity contribution in [3.05, 3.63) is 23.5 Å². The molecule has 3 rings (SSSR count). The van der Waals surface area contributed by atoms with E-state index in [1.54, 1.807) is 18.0 Å². The van der Waals surface area contributed by atoms with Gasteiger partial charge in [-0.05, 0) is 45.7 Å². The minimum atomic E-state index is -4.39. The van der Waals surface area contributed by atoms with Crippen molar-refractivity contribution >= 4 is 6.03 Å². The van der Waals surface area contributed by atoms with E-state index in [1.165, 1.54) is 4.57 Å². The molecule has 0 atom stereocenters. The topological polar surface area (TPSA) is 40.5 Å². The fourth-order valence-electron chi connectivity index (χ4n) is 4.42. The highest BCUT2D eigenvalue weighted by Gasteiger charge is 2.50. The zero-order chi connectivity index (χ0) is 19.3. The Morgan fingerprint density at radius 1 is 1.08 bits per heavy atom. The lowest BCUT2D eigenvalue weighted by Crippen LogP contribution is -2.62. The molecule has 8 heteroatoms. The third kappa shape index (κ3) is 2.98. The summed E-state index contributed by atoms with van der Waals surface area (Å²) in [6.07, 6.45) is -3.14. The molecule has 1 spiro atoms. The molecule has 1 saturated heterocycles. The van der Waals surface area contributed by atoms with Gasteiger partial charge in [0.05, 0.1) is 5.54 Å². The van der Waals surface area contributed by atoms with Gasteiger partial charge in [-0.1, -0.05) is 0 Å². The first-order valence-electron chi connectivity index (χ1n) is 9.02. The molecule has 2 aliphatic rings. The van der Waals surface area contributed by atoms with Crippen LogP contribution in [0.3, 0.4) is 0 Å². The molecule has 0 unspecified atom stereocenters. The SMILES string of the molecule is CNC(=O)N1CCn2c(C(F)(F)F)ccc2C12CCN(C(C)(C)C)CC2. The molecule has 146 valence electrons. The second kappa shape index (κ2) is 6.18. The van der Waals surface area contributed by atoms with Crippen LogP contribution in [0.15, 0.2) is 12.1 Å². The Bertz CT molecular complexity index is 682. The summed E-state index contributed by atoms with van der Waals surface area (Å²) >= 11 is 0. The lowest BCUT2D eigenvalue weighted by molar-refractivity contribution is -0.144. The van der Waals surface area contributed by atoms with Gasteiger partial charge >= 0.3 is 12.2 Å². The number of nitrogens with zero attached hydrogens (tertiary/aromatic N) is 3. The molecule has 0 aromatic carbocycles. The first-order valence-corrected chi connectivity index (χ1v) is 9.02. The van der Waals surface area contributed by atoms with Crippen LogP contribution in [-0.2, 0) is 18.3 Å². The molecule has 0 aliphatic carbocycles. The van der Waals surface area contributed by atoms with Crippen LogP contribution in [0.4, 0.5) is 18.0 Å². The maximum absolute atomic E-state index is 13.4. The van der Waals surface area contributed by atoms with Gasteiger partial charge in [0.25, 0.3) is 0 Å². The van der Waals surface area contributed by atoms with E-state index >= 15 is 0 Å². The predicted molar refractivity (Wildman–Crippen MR) is 92.8 cm³/mol. The molecule has 0 saturated carbocycles. The highest BCUT2D eigenvalue weighted by atomic mass is 19.4. The third-order valence-electron chi connectivity index (χ3n) is 5.81. The van der Waals surface area contributed by atoms with Crippen LogP contribution in [0.1, 0.15) is 45.0 Å². The standard InChI is InChI=1S/C18H27F3N4O/c1-16(2,3)23-9-7-17(8-10-23)13-5-6-14(18(19,20)21)24(13)11-12-25(17)15(26)22-4/h5-6H,7-12H2,1-4H3,(H,22,26). The average molecular weight is 372 g/mol. The maximum Gasteiger partial charge on any atom is 0.431 e. The van der Waals surface area contributed by atoms with Gasteiger partial charge in [-0.25, -0.2) is 4.79 Å². The molecular formula is C18H27F3N4O. The van der Waals surface area contributed by atoms with Crippen LogP contribution in [0.25, 0.3) is 0 Å². The number of amides is 2. The number of rotatable bonds is 0. The molecule has 2 aliphatic heterocycles. The molecule has 1 aromatic rings. The minimum Gasteiger partial charge on any atom is -0.341 e. The molecular weight excluding hydrogens is 345 g/mol. The number of halogens is 3. The number of fused-ring (bicyclic) bond motifs is 2. The zero-order valence-corrected chi connectivity index (χ0v) is 15.8. The van der Waals surface area contributed by atoms with Gasteiger partial charge in [-0.15, -0.1) is 0 Å². The number of urea groups is 1. The molecule has 0 bridgehead atoms. The second-order valence-electron chi connectivity index (χ2n) is 8.15. The Kier molecular flexibility index (Phi) is 4.53. The fourth-order valence-corrected chi connectivity index (χ4v) is 4.42. The summed E-state index contributed by atoms with van der Waals surface area (Å²) in [6, 6.07) is 2.49. The van der Waals surface area contributed by atoms with Crippen molar-refractivity contribution in [3.63, 3.8) is 0 Å². The highest BCUT2D eigenvalue weighted by molar-refractivity contribution is 5.75. The van der Waals surface area contributed by atoms with Crippen LogP contribution in [0.5, 0.6) is 0 Å². The van der Waals surface area contributed by atoms with E-state index in [1.807, 2.05) is 0 Å². The molecule has 0 radical (unpaired) electrons. The predicted octanol–water partition coefficient (Wildman–Crippen LogP) is 3.25. The van der Waals surface area contributed by atoms with Crippen LogP contribution >= 0.6 is 0 Å². The average Bonchev–Trinajstić information content (AvgIpc) is 2.99. The number of piperidine rings is 1. The Hall–Kier alpha value is -1.70. The molecule has 1 fully saturated rings. The van der Waals surface area contributed by atoms with E-state index in [2.05, 4.69) is 31.0 Å². The number of nitrogens with one attached hydrogen (secondary N) is 1. The van der Waals surface area contributed by atoms with E-state index in [9.17, 15) is 18.0 Å². The maximum atomic E-state index is 13.4. The van der Waals surface area contributed by atoms with Gasteiger partial charge < -0.3 is 14.8 Å². The van der Waals surface area contributed by atoms with Crippen LogP contribution in [0, 0.1) is 0 Å². The summed E-state index contributed by atoms with van der Waals surface area (Å²) < 4.78 is 41.5. The number of hydrogen-bond donors (Lipinski definition) is 1. The number of aromatic nitrogens is 1. The van der Waals surface area contributed by atoms with Crippen molar-refractivity contribution in [1.82, 2.24) is 19.7 Å². The number of carbonyl (C=O) groups is 1. The van der Waals surface area contributed by atoms with Crippen molar-refractivity contribution < 1.29 is 18.0 Å². The van der Waals surface area contributed by atoms with Crippen molar-refractivity contribution in [2.45, 2.75) is 57.4 Å². The summed E-state index contributed by atoms with van der Waals surface area (Å²) in [5.41, 5.74) is -0.716. The Morgan fingerprint density at radius 3 is 2.19 bits per heavy atom. The van der Waals surface area contributed by atoms with Gasteiger partial charge in [0.1, 0.15) is 5.69 Å². The molecule has 26 heavy (non-hydrogen) atoms. The molecule has 5 nitrogen and oxygen atoms in total. The molecule has 1 N–H and O–H groups in total. The number of alkyl halides is 3. The Balaban J connectivity index is 2.03. The van der Waals surface area contributed by atoms with Crippen molar-refractivity contribution in [3.8, 4) is 0 Å². The molecule has 3 heterocycles. The van der Waals surface area contributed by atoms with Gasteiger partial charge in [0, 0.05) is 44.5 Å². The van der Waals surface area contributed by atoms with Gasteiger partial charge in [-0.3, -0.25) is 4.90 Å². The normalized spacial score (nSPS) is 21.0. The summed E-state index contributed by atoms with van der Waals surface area (Å²) in [7, 11) is 1.56. The molecule has 2 amide bonds. The monoisotopic (exact) mass is 372 g/mol. The number of hydrogen-bond acceptors (Lipinski definition) is 2. The first-order chi connectivity index (χ1) is 12.0. The number of carbonyl (C=O) groups excluding carboxylic acids is 1. The third-order valence-corrected chi connectivity index (χ3v) is 5.81. The van der Waals surface area contributed by atoms with Crippen LogP contribution in [-0.4, -0.2) is 52.6 Å². The van der Waals surface area contributed by atoms with E-state index in [-0.39, 0.29) is 24.7 Å². The van der Waals surface area contributed by atoms with Gasteiger partial charge in [0.15, 0.2) is 0 Å².